The van der Waals surface area contributed by atoms with E-state index in [1.807, 2.05) is 54.4 Å². The summed E-state index contributed by atoms with van der Waals surface area (Å²) in [4.78, 5) is 14.8. The summed E-state index contributed by atoms with van der Waals surface area (Å²) in [6, 6.07) is 18.0. The number of aromatic nitrogens is 2. The van der Waals surface area contributed by atoms with Crippen molar-refractivity contribution in [3.63, 3.8) is 0 Å². The standard InChI is InChI=1S/C23H27N3O3/c1-25-21-10-6-5-9-20(21)22(24-25)23(27)26-13-11-19(12-14-26)29-16-15-28-17-18-7-3-2-4-8-18/h2-10,19H,11-17H2,1H3. The lowest BCUT2D eigenvalue weighted by Crippen LogP contribution is -2.41. The maximum Gasteiger partial charge on any atom is 0.275 e. The predicted molar refractivity (Wildman–Crippen MR) is 112 cm³/mol. The highest BCUT2D eigenvalue weighted by atomic mass is 16.5. The van der Waals surface area contributed by atoms with Crippen LogP contribution in [0.25, 0.3) is 10.9 Å². The van der Waals surface area contributed by atoms with E-state index in [1.165, 1.54) is 5.56 Å². The van der Waals surface area contributed by atoms with Crippen LogP contribution < -0.4 is 0 Å². The zero-order chi connectivity index (χ0) is 20.1. The molecule has 6 nitrogen and oxygen atoms in total. The van der Waals surface area contributed by atoms with Crippen LogP contribution in [0, 0.1) is 0 Å². The van der Waals surface area contributed by atoms with Crippen molar-refractivity contribution in [3.05, 3.63) is 65.9 Å². The maximum absolute atomic E-state index is 13.0. The summed E-state index contributed by atoms with van der Waals surface area (Å²) in [5, 5.41) is 5.37. The molecule has 2 heterocycles. The van der Waals surface area contributed by atoms with Crippen LogP contribution in [-0.4, -0.2) is 53.0 Å². The number of nitrogens with zero attached hydrogens (tertiary/aromatic N) is 3. The van der Waals surface area contributed by atoms with Crippen LogP contribution in [0.5, 0.6) is 0 Å². The van der Waals surface area contributed by atoms with Gasteiger partial charge in [0.25, 0.3) is 5.91 Å². The van der Waals surface area contributed by atoms with Crippen LogP contribution in [0.4, 0.5) is 0 Å². The molecule has 0 spiro atoms. The van der Waals surface area contributed by atoms with Gasteiger partial charge in [-0.05, 0) is 24.5 Å². The number of para-hydroxylation sites is 1. The Bertz CT molecular complexity index is 946. The van der Waals surface area contributed by atoms with Gasteiger partial charge >= 0.3 is 0 Å². The van der Waals surface area contributed by atoms with E-state index >= 15 is 0 Å². The molecular weight excluding hydrogens is 366 g/mol. The Morgan fingerprint density at radius 1 is 1.03 bits per heavy atom. The Kier molecular flexibility index (Phi) is 6.22. The third kappa shape index (κ3) is 4.66. The van der Waals surface area contributed by atoms with Crippen LogP contribution in [0.3, 0.4) is 0 Å². The van der Waals surface area contributed by atoms with Crippen LogP contribution in [0.15, 0.2) is 54.6 Å². The molecule has 0 bridgehead atoms. The molecule has 6 heteroatoms. The first kappa shape index (κ1) is 19.6. The molecule has 1 saturated heterocycles. The summed E-state index contributed by atoms with van der Waals surface area (Å²) >= 11 is 0. The van der Waals surface area contributed by atoms with Crippen molar-refractivity contribution < 1.29 is 14.3 Å². The lowest BCUT2D eigenvalue weighted by Gasteiger charge is -2.31. The van der Waals surface area contributed by atoms with E-state index < -0.39 is 0 Å². The molecule has 1 fully saturated rings. The zero-order valence-corrected chi connectivity index (χ0v) is 16.8. The third-order valence-electron chi connectivity index (χ3n) is 5.38. The van der Waals surface area contributed by atoms with Crippen LogP contribution in [0.1, 0.15) is 28.9 Å². The average molecular weight is 393 g/mol. The van der Waals surface area contributed by atoms with E-state index in [0.717, 1.165) is 23.7 Å². The summed E-state index contributed by atoms with van der Waals surface area (Å²) in [5.74, 6) is 0.00597. The monoisotopic (exact) mass is 393 g/mol. The molecular formula is C23H27N3O3. The number of rotatable bonds is 7. The molecule has 1 aliphatic heterocycles. The number of hydrogen-bond acceptors (Lipinski definition) is 4. The molecule has 0 N–H and O–H groups in total. The molecule has 1 aromatic heterocycles. The van der Waals surface area contributed by atoms with Gasteiger partial charge in [0, 0.05) is 25.5 Å². The Hall–Kier alpha value is -2.70. The number of ether oxygens (including phenoxy) is 2. The number of benzene rings is 2. The molecule has 0 atom stereocenters. The van der Waals surface area contributed by atoms with Gasteiger partial charge in [0.05, 0.1) is 31.4 Å². The predicted octanol–water partition coefficient (Wildman–Crippen LogP) is 3.41. The van der Waals surface area contributed by atoms with Crippen molar-refractivity contribution in [1.29, 1.82) is 0 Å². The zero-order valence-electron chi connectivity index (χ0n) is 16.8. The first-order valence-corrected chi connectivity index (χ1v) is 10.2. The van der Waals surface area contributed by atoms with Gasteiger partial charge in [-0.2, -0.15) is 5.10 Å². The van der Waals surface area contributed by atoms with Gasteiger partial charge in [0.2, 0.25) is 0 Å². The number of piperidine rings is 1. The number of likely N-dealkylation sites (tertiary alicyclic amines) is 1. The van der Waals surface area contributed by atoms with Gasteiger partial charge in [-0.1, -0.05) is 48.5 Å². The van der Waals surface area contributed by atoms with E-state index in [2.05, 4.69) is 17.2 Å². The highest BCUT2D eigenvalue weighted by Crippen LogP contribution is 2.21. The summed E-state index contributed by atoms with van der Waals surface area (Å²) in [6.07, 6.45) is 1.87. The highest BCUT2D eigenvalue weighted by molar-refractivity contribution is 6.04. The van der Waals surface area contributed by atoms with Crippen molar-refractivity contribution >= 4 is 16.8 Å². The minimum atomic E-state index is 0.00597. The Morgan fingerprint density at radius 3 is 2.55 bits per heavy atom. The fourth-order valence-electron chi connectivity index (χ4n) is 3.79. The summed E-state index contributed by atoms with van der Waals surface area (Å²) in [6.45, 7) is 3.15. The molecule has 0 unspecified atom stereocenters. The van der Waals surface area contributed by atoms with Crippen molar-refractivity contribution in [1.82, 2.24) is 14.7 Å². The lowest BCUT2D eigenvalue weighted by molar-refractivity contribution is -0.0229. The smallest absolute Gasteiger partial charge is 0.275 e. The molecule has 4 rings (SSSR count). The summed E-state index contributed by atoms with van der Waals surface area (Å²) < 4.78 is 13.4. The molecule has 2 aromatic carbocycles. The van der Waals surface area contributed by atoms with E-state index in [1.54, 1.807) is 4.68 Å². The number of fused-ring (bicyclic) bond motifs is 1. The van der Waals surface area contributed by atoms with E-state index in [0.29, 0.717) is 38.6 Å². The number of carbonyl (C=O) groups is 1. The third-order valence-corrected chi connectivity index (χ3v) is 5.38. The summed E-state index contributed by atoms with van der Waals surface area (Å²) in [7, 11) is 1.87. The van der Waals surface area contributed by atoms with Gasteiger partial charge in [0.1, 0.15) is 0 Å². The van der Waals surface area contributed by atoms with Crippen LogP contribution in [0.2, 0.25) is 0 Å². The number of carbonyl (C=O) groups excluding carboxylic acids is 1. The number of hydrogen-bond donors (Lipinski definition) is 0. The molecule has 152 valence electrons. The second-order valence-electron chi connectivity index (χ2n) is 7.39. The van der Waals surface area contributed by atoms with Crippen molar-refractivity contribution in [3.8, 4) is 0 Å². The van der Waals surface area contributed by atoms with Gasteiger partial charge in [0.15, 0.2) is 5.69 Å². The lowest BCUT2D eigenvalue weighted by atomic mass is 10.1. The number of aryl methyl sites for hydroxylation is 1. The minimum Gasteiger partial charge on any atom is -0.376 e. The molecule has 29 heavy (non-hydrogen) atoms. The van der Waals surface area contributed by atoms with Crippen LogP contribution in [-0.2, 0) is 23.1 Å². The van der Waals surface area contributed by atoms with E-state index in [-0.39, 0.29) is 12.0 Å². The Balaban J connectivity index is 1.21. The fraction of sp³-hybridized carbons (Fsp3) is 0.391. The SMILES string of the molecule is Cn1nc(C(=O)N2CCC(OCCOCc3ccccc3)CC2)c2ccccc21. The second kappa shape index (κ2) is 9.20. The fourth-order valence-corrected chi connectivity index (χ4v) is 3.79. The highest BCUT2D eigenvalue weighted by Gasteiger charge is 2.27. The molecule has 0 radical (unpaired) electrons. The van der Waals surface area contributed by atoms with Crippen LogP contribution >= 0.6 is 0 Å². The van der Waals surface area contributed by atoms with Crippen molar-refractivity contribution in [2.45, 2.75) is 25.6 Å². The maximum atomic E-state index is 13.0. The molecule has 0 aliphatic carbocycles. The van der Waals surface area contributed by atoms with Crippen molar-refractivity contribution in [2.75, 3.05) is 26.3 Å². The largest absolute Gasteiger partial charge is 0.376 e. The van der Waals surface area contributed by atoms with Gasteiger partial charge < -0.3 is 14.4 Å². The summed E-state index contributed by atoms with van der Waals surface area (Å²) in [5.41, 5.74) is 2.68. The molecule has 1 amide bonds. The second-order valence-corrected chi connectivity index (χ2v) is 7.39. The average Bonchev–Trinajstić information content (AvgIpc) is 3.11. The first-order valence-electron chi connectivity index (χ1n) is 10.2. The van der Waals surface area contributed by atoms with Gasteiger partial charge in [-0.15, -0.1) is 0 Å². The minimum absolute atomic E-state index is 0.00597. The first-order chi connectivity index (χ1) is 14.2. The van der Waals surface area contributed by atoms with E-state index in [9.17, 15) is 4.79 Å². The van der Waals surface area contributed by atoms with E-state index in [4.69, 9.17) is 9.47 Å². The molecule has 3 aromatic rings. The van der Waals surface area contributed by atoms with Gasteiger partial charge in [-0.3, -0.25) is 9.48 Å². The normalized spacial score (nSPS) is 15.1. The Labute approximate surface area is 171 Å². The quantitative estimate of drug-likeness (QED) is 0.577. The molecule has 1 aliphatic rings. The Morgan fingerprint density at radius 2 is 1.76 bits per heavy atom. The molecule has 0 saturated carbocycles. The van der Waals surface area contributed by atoms with Gasteiger partial charge in [-0.25, -0.2) is 0 Å². The van der Waals surface area contributed by atoms with Crippen molar-refractivity contribution in [2.24, 2.45) is 7.05 Å². The number of amides is 1. The topological polar surface area (TPSA) is 56.6 Å².